The highest BCUT2D eigenvalue weighted by Crippen LogP contribution is 2.66. The van der Waals surface area contributed by atoms with Crippen molar-refractivity contribution < 1.29 is 0 Å². The Bertz CT molecular complexity index is 5930. The molecule has 0 N–H and O–H groups in total. The predicted molar refractivity (Wildman–Crippen MR) is 473 cm³/mol. The Morgan fingerprint density at radius 3 is 0.643 bits per heavy atom. The summed E-state index contributed by atoms with van der Waals surface area (Å²) in [4.78, 5) is 2.96. The van der Waals surface area contributed by atoms with Crippen molar-refractivity contribution in [3.63, 3.8) is 0 Å². The summed E-state index contributed by atoms with van der Waals surface area (Å²) in [6.45, 7) is 0. The first-order valence-electron chi connectivity index (χ1n) is 39.3. The third kappa shape index (κ3) is 8.40. The van der Waals surface area contributed by atoms with E-state index in [0.717, 1.165) is 0 Å². The van der Waals surface area contributed by atoms with E-state index in [1.54, 1.807) is 0 Å². The summed E-state index contributed by atoms with van der Waals surface area (Å²) in [5.41, 5.74) is 37.6. The third-order valence-corrected chi connectivity index (χ3v) is 35.6. The second kappa shape index (κ2) is 24.1. The van der Waals surface area contributed by atoms with Gasteiger partial charge in [-0.3, -0.25) is 0 Å². The van der Waals surface area contributed by atoms with Crippen LogP contribution in [0.15, 0.2) is 419 Å². The van der Waals surface area contributed by atoms with Gasteiger partial charge in [0, 0.05) is 5.69 Å². The molecular formula is C109H69NSi2. The van der Waals surface area contributed by atoms with E-state index in [4.69, 9.17) is 0 Å². The molecule has 0 atom stereocenters. The normalized spacial score (nSPS) is 14.1. The molecule has 0 aromatic heterocycles. The Morgan fingerprint density at radius 2 is 0.366 bits per heavy atom. The topological polar surface area (TPSA) is 3.24 Å². The molecule has 112 heavy (non-hydrogen) atoms. The summed E-state index contributed by atoms with van der Waals surface area (Å²) in [5, 5.41) is 11.4. The summed E-state index contributed by atoms with van der Waals surface area (Å²) in [7, 11) is -7.54. The average molecular weight is 1450 g/mol. The Morgan fingerprint density at radius 1 is 0.152 bits per heavy atom. The van der Waals surface area contributed by atoms with Crippen LogP contribution in [0.1, 0.15) is 22.3 Å². The van der Waals surface area contributed by atoms with Gasteiger partial charge in [0.05, 0.1) is 16.8 Å². The lowest BCUT2D eigenvalue weighted by Gasteiger charge is -2.57. The van der Waals surface area contributed by atoms with E-state index in [1.807, 2.05) is 0 Å². The van der Waals surface area contributed by atoms with E-state index in [9.17, 15) is 0 Å². The van der Waals surface area contributed by atoms with Crippen molar-refractivity contribution in [1.29, 1.82) is 0 Å². The SMILES string of the molecule is c1ccc(-c2cccc(-c3ccccc3)c2-c2cc3c4c(c2)[Si]2(c5ccccc5-c5ccccc52)c2cc(-c5c(-c6ccccc6)cccc5-c5ccccc5)cc5c2N4c2c(cc(-c4c(-c6ccccc6)cccc4-c4ccccc4)cc2[Si]52c4ccccc4-c4ccccc42)C32c3ccccc3-c3ccccc32)cc1. The second-order valence-corrected chi connectivity index (χ2v) is 38.3. The van der Waals surface area contributed by atoms with Crippen LogP contribution in [0.3, 0.4) is 0 Å². The number of anilines is 3. The lowest BCUT2D eigenvalue weighted by atomic mass is 9.63. The number of nitrogens with zero attached hydrogens (tertiary/aromatic N) is 1. The van der Waals surface area contributed by atoms with Crippen molar-refractivity contribution >= 4 is 74.7 Å². The molecule has 5 aliphatic heterocycles. The van der Waals surface area contributed by atoms with Gasteiger partial charge >= 0.3 is 0 Å². The van der Waals surface area contributed by atoms with E-state index >= 15 is 0 Å². The minimum Gasteiger partial charge on any atom is -0.310 e. The highest BCUT2D eigenvalue weighted by molar-refractivity contribution is 7.27. The molecule has 1 aliphatic carbocycles. The Kier molecular flexibility index (Phi) is 13.6. The first-order chi connectivity index (χ1) is 55.6. The molecule has 0 unspecified atom stereocenters. The fourth-order valence-electron chi connectivity index (χ4n) is 21.7. The van der Waals surface area contributed by atoms with Gasteiger partial charge in [0.2, 0.25) is 0 Å². The minimum absolute atomic E-state index is 0.929. The molecule has 18 aromatic rings. The van der Waals surface area contributed by atoms with Crippen LogP contribution in [0.2, 0.25) is 0 Å². The molecule has 1 nitrogen and oxygen atoms in total. The van der Waals surface area contributed by atoms with Gasteiger partial charge in [-0.2, -0.15) is 0 Å². The summed E-state index contributed by atoms with van der Waals surface area (Å²) in [6, 6.07) is 163. The maximum absolute atomic E-state index is 3.77. The van der Waals surface area contributed by atoms with E-state index in [1.165, 1.54) is 214 Å². The number of fused-ring (bicyclic) bond motifs is 21. The summed E-state index contributed by atoms with van der Waals surface area (Å²) >= 11 is 0. The van der Waals surface area contributed by atoms with Crippen molar-refractivity contribution in [2.75, 3.05) is 4.90 Å². The van der Waals surface area contributed by atoms with Gasteiger partial charge in [-0.15, -0.1) is 0 Å². The lowest BCUT2D eigenvalue weighted by molar-refractivity contribution is 0.755. The highest BCUT2D eigenvalue weighted by atomic mass is 28.3. The molecule has 0 amide bonds. The van der Waals surface area contributed by atoms with Gasteiger partial charge in [0.15, 0.2) is 16.1 Å². The molecule has 0 radical (unpaired) electrons. The Balaban J connectivity index is 0.984. The monoisotopic (exact) mass is 1450 g/mol. The quantitative estimate of drug-likeness (QED) is 0.130. The molecule has 0 saturated carbocycles. The van der Waals surface area contributed by atoms with Crippen molar-refractivity contribution in [2.45, 2.75) is 5.41 Å². The molecule has 5 heterocycles. The van der Waals surface area contributed by atoms with Crippen molar-refractivity contribution in [3.8, 4) is 134 Å². The second-order valence-electron chi connectivity index (χ2n) is 31.0. The maximum Gasteiger partial charge on any atom is 0.185 e. The number of rotatable bonds is 9. The van der Waals surface area contributed by atoms with Crippen LogP contribution in [0.4, 0.5) is 17.1 Å². The van der Waals surface area contributed by atoms with Gasteiger partial charge < -0.3 is 4.90 Å². The molecule has 0 bridgehead atoms. The van der Waals surface area contributed by atoms with Crippen LogP contribution in [0.5, 0.6) is 0 Å². The van der Waals surface area contributed by atoms with E-state index in [-0.39, 0.29) is 0 Å². The number of hydrogen-bond donors (Lipinski definition) is 0. The van der Waals surface area contributed by atoms with Crippen LogP contribution < -0.4 is 46.4 Å². The molecule has 6 aliphatic rings. The summed E-state index contributed by atoms with van der Waals surface area (Å²) in [5.74, 6) is 0. The zero-order chi connectivity index (χ0) is 73.4. The molecule has 0 fully saturated rings. The van der Waals surface area contributed by atoms with Crippen molar-refractivity contribution in [2.24, 2.45) is 0 Å². The zero-order valence-corrected chi connectivity index (χ0v) is 63.3. The van der Waals surface area contributed by atoms with Crippen LogP contribution in [-0.2, 0) is 5.41 Å². The van der Waals surface area contributed by atoms with E-state index < -0.39 is 21.6 Å². The fraction of sp³-hybridized carbons (Fsp3) is 0.00917. The van der Waals surface area contributed by atoms with E-state index in [2.05, 4.69) is 423 Å². The summed E-state index contributed by atoms with van der Waals surface area (Å²) < 4.78 is 0. The largest absolute Gasteiger partial charge is 0.310 e. The zero-order valence-electron chi connectivity index (χ0n) is 61.3. The van der Waals surface area contributed by atoms with Crippen LogP contribution >= 0.6 is 0 Å². The smallest absolute Gasteiger partial charge is 0.185 e. The predicted octanol–water partition coefficient (Wildman–Crippen LogP) is 22.2. The van der Waals surface area contributed by atoms with Gasteiger partial charge in [-0.05, 0) is 209 Å². The molecule has 24 rings (SSSR count). The summed E-state index contributed by atoms with van der Waals surface area (Å²) in [6.07, 6.45) is 0. The van der Waals surface area contributed by atoms with Gasteiger partial charge in [-0.25, -0.2) is 0 Å². The first-order valence-corrected chi connectivity index (χ1v) is 43.3. The van der Waals surface area contributed by atoms with Crippen LogP contribution in [-0.4, -0.2) is 16.1 Å². The Hall–Kier alpha value is -13.8. The van der Waals surface area contributed by atoms with Gasteiger partial charge in [0.25, 0.3) is 0 Å². The number of hydrogen-bond acceptors (Lipinski definition) is 1. The van der Waals surface area contributed by atoms with Crippen LogP contribution in [0.25, 0.3) is 134 Å². The van der Waals surface area contributed by atoms with E-state index in [0.29, 0.717) is 0 Å². The van der Waals surface area contributed by atoms with Gasteiger partial charge in [0.1, 0.15) is 0 Å². The molecule has 3 spiro atoms. The van der Waals surface area contributed by atoms with Gasteiger partial charge in [-0.1, -0.05) is 406 Å². The standard InChI is InChI=1S/C109H69NSi2/c1-7-34-70(35-8-1)79-52-31-53-80(71-36-9-2-10-37-71)103(79)76-64-93-106-99(66-76)111(95-60-27-21-48-87(95)88-49-22-28-61-96(88)111)101-68-78(105-83(74-42-15-5-16-43-74)56-33-57-84(105)75-44-17-6-18-45-75)69-102-108(101)110(106)107-94(109(93)91-58-25-19-46-85(91)86-47-20-26-59-92(86)109)65-77(67-100(107)112(102)97-62-29-23-50-89(97)90-51-24-30-63-98(90)112)104-81(72-38-11-3-12-39-72)54-32-55-82(104)73-40-13-4-14-41-73/h1-69H. The molecule has 518 valence electrons. The third-order valence-electron chi connectivity index (χ3n) is 25.8. The van der Waals surface area contributed by atoms with Crippen molar-refractivity contribution in [1.82, 2.24) is 0 Å². The number of benzene rings is 18. The first kappa shape index (κ1) is 63.2. The highest BCUT2D eigenvalue weighted by Gasteiger charge is 2.66. The molecular weight excluding hydrogens is 1380 g/mol. The van der Waals surface area contributed by atoms with Crippen molar-refractivity contribution in [3.05, 3.63) is 441 Å². The fourth-order valence-corrected chi connectivity index (χ4v) is 33.1. The maximum atomic E-state index is 2.96. The van der Waals surface area contributed by atoms with Crippen LogP contribution in [0, 0.1) is 0 Å². The molecule has 18 aromatic carbocycles. The minimum atomic E-state index is -3.77. The Labute approximate surface area is 654 Å². The molecule has 0 saturated heterocycles. The molecule has 3 heteroatoms. The average Bonchev–Trinajstić information content (AvgIpc) is 1.24. The lowest BCUT2D eigenvalue weighted by Crippen LogP contribution is -2.81.